The minimum Gasteiger partial charge on any atom is -0.350 e. The molecule has 0 atom stereocenters. The van der Waals surface area contributed by atoms with E-state index in [1.165, 1.54) is 10.9 Å². The fourth-order valence-corrected chi connectivity index (χ4v) is 2.77. The molecule has 3 rings (SSSR count). The Kier molecular flexibility index (Phi) is 6.20. The lowest BCUT2D eigenvalue weighted by Crippen LogP contribution is -2.35. The summed E-state index contributed by atoms with van der Waals surface area (Å²) < 4.78 is 7.15. The highest BCUT2D eigenvalue weighted by molar-refractivity contribution is 9.10. The molecule has 27 heavy (non-hydrogen) atoms. The zero-order valence-electron chi connectivity index (χ0n) is 13.9. The highest BCUT2D eigenvalue weighted by atomic mass is 79.9. The van der Waals surface area contributed by atoms with Gasteiger partial charge in [0, 0.05) is 23.8 Å². The predicted octanol–water partition coefficient (Wildman–Crippen LogP) is 1.89. The van der Waals surface area contributed by atoms with Crippen molar-refractivity contribution in [1.29, 1.82) is 0 Å². The van der Waals surface area contributed by atoms with Crippen LogP contribution in [0.4, 0.5) is 0 Å². The fourth-order valence-electron chi connectivity index (χ4n) is 2.15. The normalized spacial score (nSPS) is 10.6. The highest BCUT2D eigenvalue weighted by Crippen LogP contribution is 2.15. The van der Waals surface area contributed by atoms with Crippen LogP contribution in [0.2, 0.25) is 5.02 Å². The van der Waals surface area contributed by atoms with E-state index in [9.17, 15) is 9.59 Å². The molecule has 0 unspecified atom stereocenters. The van der Waals surface area contributed by atoms with Crippen LogP contribution in [0, 0.1) is 0 Å². The second-order valence-electron chi connectivity index (χ2n) is 5.36. The summed E-state index contributed by atoms with van der Waals surface area (Å²) in [5.74, 6) is -0.639. The van der Waals surface area contributed by atoms with Gasteiger partial charge >= 0.3 is 11.8 Å². The van der Waals surface area contributed by atoms with E-state index in [0.29, 0.717) is 20.9 Å². The number of amides is 2. The van der Waals surface area contributed by atoms with Gasteiger partial charge in [0.05, 0.1) is 16.8 Å². The molecule has 2 amide bonds. The van der Waals surface area contributed by atoms with E-state index in [1.807, 2.05) is 6.07 Å². The molecular formula is C16H14BrClN6O3. The van der Waals surface area contributed by atoms with Crippen molar-refractivity contribution in [3.05, 3.63) is 63.4 Å². The van der Waals surface area contributed by atoms with E-state index >= 15 is 0 Å². The Morgan fingerprint density at radius 1 is 1.19 bits per heavy atom. The average molecular weight is 454 g/mol. The van der Waals surface area contributed by atoms with Gasteiger partial charge in [-0.05, 0) is 28.1 Å². The van der Waals surface area contributed by atoms with Crippen molar-refractivity contribution in [1.82, 2.24) is 30.6 Å². The lowest BCUT2D eigenvalue weighted by atomic mass is 10.2. The van der Waals surface area contributed by atoms with Crippen molar-refractivity contribution in [2.75, 3.05) is 13.1 Å². The topological polar surface area (TPSA) is 115 Å². The first-order valence-corrected chi connectivity index (χ1v) is 9.01. The summed E-state index contributed by atoms with van der Waals surface area (Å²) in [4.78, 5) is 28.1. The van der Waals surface area contributed by atoms with Gasteiger partial charge in [-0.3, -0.25) is 14.3 Å². The van der Waals surface area contributed by atoms with Crippen LogP contribution in [0.25, 0.3) is 0 Å². The number of carbonyl (C=O) groups excluding carboxylic acids is 2. The molecule has 0 bridgehead atoms. The Hall–Kier alpha value is -2.72. The number of nitrogens with one attached hydrogen (secondary N) is 2. The standard InChI is InChI=1S/C16H14BrClN6O3/c17-12-4-2-1-3-11(12)14(25)19-5-6-20-15(26)16-22-13(23-27-16)9-24-8-10(18)7-21-24/h1-4,7-8H,5-6,9H2,(H,19,25)(H,20,26). The number of hydrogen-bond acceptors (Lipinski definition) is 6. The maximum absolute atomic E-state index is 12.0. The third kappa shape index (κ3) is 5.14. The second kappa shape index (κ2) is 8.78. The summed E-state index contributed by atoms with van der Waals surface area (Å²) in [6.07, 6.45) is 3.09. The van der Waals surface area contributed by atoms with Gasteiger partial charge in [0.2, 0.25) is 0 Å². The second-order valence-corrected chi connectivity index (χ2v) is 6.65. The van der Waals surface area contributed by atoms with E-state index in [1.54, 1.807) is 24.4 Å². The summed E-state index contributed by atoms with van der Waals surface area (Å²) in [6, 6.07) is 7.07. The number of benzene rings is 1. The summed E-state index contributed by atoms with van der Waals surface area (Å²) in [5.41, 5.74) is 0.518. The number of hydrogen-bond donors (Lipinski definition) is 2. The summed E-state index contributed by atoms with van der Waals surface area (Å²) in [5, 5.41) is 13.5. The molecule has 2 heterocycles. The molecule has 0 radical (unpaired) electrons. The van der Waals surface area contributed by atoms with Gasteiger partial charge in [-0.1, -0.05) is 28.9 Å². The third-order valence-corrected chi connectivity index (χ3v) is 4.27. The number of nitrogens with zero attached hydrogens (tertiary/aromatic N) is 4. The number of halogens is 2. The first kappa shape index (κ1) is 19.1. The lowest BCUT2D eigenvalue weighted by molar-refractivity contribution is 0.0898. The Bertz CT molecular complexity index is 957. The molecular weight excluding hydrogens is 440 g/mol. The fraction of sp³-hybridized carbons (Fsp3) is 0.188. The van der Waals surface area contributed by atoms with Crippen LogP contribution in [0.15, 0.2) is 45.7 Å². The molecule has 2 aromatic heterocycles. The van der Waals surface area contributed by atoms with Gasteiger partial charge in [-0.2, -0.15) is 10.1 Å². The molecule has 0 aliphatic rings. The molecule has 0 aliphatic carbocycles. The molecule has 1 aromatic carbocycles. The van der Waals surface area contributed by atoms with Crippen LogP contribution in [-0.2, 0) is 6.54 Å². The Labute approximate surface area is 167 Å². The van der Waals surface area contributed by atoms with Gasteiger partial charge in [0.15, 0.2) is 5.82 Å². The van der Waals surface area contributed by atoms with Crippen LogP contribution < -0.4 is 10.6 Å². The van der Waals surface area contributed by atoms with E-state index in [-0.39, 0.29) is 31.4 Å². The van der Waals surface area contributed by atoms with Gasteiger partial charge in [0.25, 0.3) is 5.91 Å². The van der Waals surface area contributed by atoms with Crippen molar-refractivity contribution in [2.45, 2.75) is 6.54 Å². The van der Waals surface area contributed by atoms with Gasteiger partial charge in [0.1, 0.15) is 6.54 Å². The zero-order valence-corrected chi connectivity index (χ0v) is 16.2. The van der Waals surface area contributed by atoms with Crippen LogP contribution >= 0.6 is 27.5 Å². The monoisotopic (exact) mass is 452 g/mol. The van der Waals surface area contributed by atoms with E-state index < -0.39 is 5.91 Å². The minimum atomic E-state index is -0.526. The zero-order chi connectivity index (χ0) is 19.2. The summed E-state index contributed by atoms with van der Waals surface area (Å²) >= 11 is 9.09. The molecule has 11 heteroatoms. The van der Waals surface area contributed by atoms with Crippen LogP contribution in [-0.4, -0.2) is 44.8 Å². The number of carbonyl (C=O) groups is 2. The van der Waals surface area contributed by atoms with Crippen LogP contribution in [0.5, 0.6) is 0 Å². The van der Waals surface area contributed by atoms with Crippen LogP contribution in [0.3, 0.4) is 0 Å². The predicted molar refractivity (Wildman–Crippen MR) is 99.4 cm³/mol. The number of rotatable bonds is 7. The first-order chi connectivity index (χ1) is 13.0. The largest absolute Gasteiger partial charge is 0.350 e. The maximum Gasteiger partial charge on any atom is 0.316 e. The smallest absolute Gasteiger partial charge is 0.316 e. The summed E-state index contributed by atoms with van der Waals surface area (Å²) in [7, 11) is 0. The Morgan fingerprint density at radius 2 is 1.93 bits per heavy atom. The van der Waals surface area contributed by atoms with Crippen molar-refractivity contribution in [3.8, 4) is 0 Å². The molecule has 140 valence electrons. The highest BCUT2D eigenvalue weighted by Gasteiger charge is 2.15. The third-order valence-electron chi connectivity index (χ3n) is 3.38. The molecule has 0 saturated heterocycles. The molecule has 0 spiro atoms. The average Bonchev–Trinajstić information content (AvgIpc) is 3.28. The van der Waals surface area contributed by atoms with Gasteiger partial charge < -0.3 is 15.2 Å². The first-order valence-electron chi connectivity index (χ1n) is 7.84. The van der Waals surface area contributed by atoms with Gasteiger partial charge in [-0.15, -0.1) is 0 Å². The van der Waals surface area contributed by atoms with E-state index in [2.05, 4.69) is 41.8 Å². The number of aromatic nitrogens is 4. The molecule has 3 aromatic rings. The van der Waals surface area contributed by atoms with Gasteiger partial charge in [-0.25, -0.2) is 0 Å². The Morgan fingerprint density at radius 3 is 2.63 bits per heavy atom. The van der Waals surface area contributed by atoms with Crippen molar-refractivity contribution in [2.24, 2.45) is 0 Å². The molecule has 0 aliphatic heterocycles. The minimum absolute atomic E-state index is 0.166. The molecule has 2 N–H and O–H groups in total. The molecule has 9 nitrogen and oxygen atoms in total. The quantitative estimate of drug-likeness (QED) is 0.528. The van der Waals surface area contributed by atoms with Crippen LogP contribution in [0.1, 0.15) is 26.9 Å². The van der Waals surface area contributed by atoms with Crippen molar-refractivity contribution in [3.63, 3.8) is 0 Å². The van der Waals surface area contributed by atoms with Crippen molar-refractivity contribution < 1.29 is 14.1 Å². The maximum atomic E-state index is 12.0. The van der Waals surface area contributed by atoms with Crippen molar-refractivity contribution >= 4 is 39.3 Å². The Balaban J connectivity index is 1.44. The van der Waals surface area contributed by atoms with E-state index in [0.717, 1.165) is 0 Å². The SMILES string of the molecule is O=C(NCCNC(=O)c1ccccc1Br)c1nc(Cn2cc(Cl)cn2)no1. The molecule has 0 fully saturated rings. The van der Waals surface area contributed by atoms with E-state index in [4.69, 9.17) is 16.1 Å². The lowest BCUT2D eigenvalue weighted by Gasteiger charge is -2.07. The summed E-state index contributed by atoms with van der Waals surface area (Å²) in [6.45, 7) is 0.686. The molecule has 0 saturated carbocycles.